The van der Waals surface area contributed by atoms with Gasteiger partial charge in [0.1, 0.15) is 5.01 Å². The molecule has 5 nitrogen and oxygen atoms in total. The molecule has 0 unspecified atom stereocenters. The second-order valence-electron chi connectivity index (χ2n) is 3.20. The largest absolute Gasteiger partial charge is 0.343 e. The molecule has 2 aromatic heterocycles. The highest BCUT2D eigenvalue weighted by Crippen LogP contribution is 2.15. The second-order valence-corrected chi connectivity index (χ2v) is 4.49. The molecule has 0 saturated carbocycles. The van der Waals surface area contributed by atoms with Crippen LogP contribution >= 0.6 is 11.3 Å². The monoisotopic (exact) mass is 224 g/mol. The van der Waals surface area contributed by atoms with E-state index >= 15 is 0 Å². The molecule has 0 spiro atoms. The van der Waals surface area contributed by atoms with Gasteiger partial charge in [-0.25, -0.2) is 4.98 Å². The van der Waals surface area contributed by atoms with Crippen molar-refractivity contribution in [1.82, 2.24) is 20.4 Å². The van der Waals surface area contributed by atoms with Gasteiger partial charge >= 0.3 is 0 Å². The van der Waals surface area contributed by atoms with Crippen molar-refractivity contribution in [3.63, 3.8) is 0 Å². The van der Waals surface area contributed by atoms with Gasteiger partial charge in [-0.3, -0.25) is 0 Å². The number of nitrogens with one attached hydrogen (secondary N) is 1. The molecule has 2 heterocycles. The van der Waals surface area contributed by atoms with E-state index in [1.807, 2.05) is 6.92 Å². The van der Waals surface area contributed by atoms with E-state index in [4.69, 9.17) is 0 Å². The van der Waals surface area contributed by atoms with Crippen LogP contribution in [0, 0.1) is 13.8 Å². The van der Waals surface area contributed by atoms with Crippen molar-refractivity contribution in [2.45, 2.75) is 26.9 Å². The van der Waals surface area contributed by atoms with Crippen LogP contribution < -0.4 is 5.32 Å². The Bertz CT molecular complexity index is 404. The van der Waals surface area contributed by atoms with Gasteiger partial charge in [-0.15, -0.1) is 11.3 Å². The first-order valence-electron chi connectivity index (χ1n) is 4.64. The molecule has 0 aromatic carbocycles. The fourth-order valence-electron chi connectivity index (χ4n) is 1.17. The Hall–Kier alpha value is -1.27. The Morgan fingerprint density at radius 3 is 2.87 bits per heavy atom. The molecule has 0 aliphatic rings. The summed E-state index contributed by atoms with van der Waals surface area (Å²) in [5.74, 6) is 0.667. The molecule has 2 aromatic rings. The molecule has 6 heteroatoms. The fraction of sp³-hybridized carbons (Fsp3) is 0.444. The molecule has 0 radical (unpaired) electrons. The first kappa shape index (κ1) is 10.3. The molecule has 0 atom stereocenters. The van der Waals surface area contributed by atoms with Crippen LogP contribution in [0.4, 0.5) is 0 Å². The van der Waals surface area contributed by atoms with E-state index in [0.29, 0.717) is 12.4 Å². The van der Waals surface area contributed by atoms with Crippen LogP contribution in [0.25, 0.3) is 0 Å². The maximum atomic E-state index is 4.63. The second kappa shape index (κ2) is 4.50. The summed E-state index contributed by atoms with van der Waals surface area (Å²) in [5, 5.41) is 8.00. The van der Waals surface area contributed by atoms with E-state index < -0.39 is 0 Å². The molecule has 0 aliphatic carbocycles. The zero-order chi connectivity index (χ0) is 10.7. The Morgan fingerprint density at radius 1 is 1.40 bits per heavy atom. The molecule has 0 amide bonds. The third-order valence-electron chi connectivity index (χ3n) is 2.04. The van der Waals surface area contributed by atoms with E-state index in [2.05, 4.69) is 31.9 Å². The van der Waals surface area contributed by atoms with Crippen molar-refractivity contribution < 1.29 is 4.52 Å². The van der Waals surface area contributed by atoms with Crippen molar-refractivity contribution in [1.29, 1.82) is 0 Å². The van der Waals surface area contributed by atoms with Gasteiger partial charge in [0.25, 0.3) is 0 Å². The normalized spacial score (nSPS) is 10.8. The van der Waals surface area contributed by atoms with Crippen LogP contribution in [-0.2, 0) is 13.1 Å². The Labute approximate surface area is 91.5 Å². The minimum atomic E-state index is 0.605. The summed E-state index contributed by atoms with van der Waals surface area (Å²) in [6.07, 6.45) is 1.33. The summed E-state index contributed by atoms with van der Waals surface area (Å²) in [4.78, 5) is 9.60. The van der Waals surface area contributed by atoms with Crippen molar-refractivity contribution in [2.75, 3.05) is 0 Å². The molecule has 0 fully saturated rings. The Kier molecular flexibility index (Phi) is 3.08. The summed E-state index contributed by atoms with van der Waals surface area (Å²) in [6, 6.07) is 0. The third kappa shape index (κ3) is 2.60. The van der Waals surface area contributed by atoms with Crippen LogP contribution in [0.2, 0.25) is 0 Å². The highest BCUT2D eigenvalue weighted by Gasteiger charge is 2.03. The lowest BCUT2D eigenvalue weighted by Crippen LogP contribution is -2.13. The zero-order valence-electron chi connectivity index (χ0n) is 8.65. The van der Waals surface area contributed by atoms with Gasteiger partial charge in [0.15, 0.2) is 5.82 Å². The van der Waals surface area contributed by atoms with E-state index in [1.165, 1.54) is 11.3 Å². The number of hydrogen-bond acceptors (Lipinski definition) is 6. The first-order valence-corrected chi connectivity index (χ1v) is 5.46. The standard InChI is InChI=1S/C9H12N4OS/c1-6-7(2)15-9(12-6)4-10-3-8-11-5-14-13-8/h5,10H,3-4H2,1-2H3. The van der Waals surface area contributed by atoms with E-state index in [1.54, 1.807) is 11.3 Å². The number of hydrogen-bond donors (Lipinski definition) is 1. The average molecular weight is 224 g/mol. The molecular weight excluding hydrogens is 212 g/mol. The van der Waals surface area contributed by atoms with Crippen LogP contribution in [0.1, 0.15) is 21.4 Å². The summed E-state index contributed by atoms with van der Waals surface area (Å²) in [5.41, 5.74) is 1.11. The van der Waals surface area contributed by atoms with Crippen LogP contribution in [-0.4, -0.2) is 15.1 Å². The molecule has 0 bridgehead atoms. The van der Waals surface area contributed by atoms with Gasteiger partial charge in [-0.05, 0) is 13.8 Å². The summed E-state index contributed by atoms with van der Waals surface area (Å²) in [7, 11) is 0. The molecule has 0 saturated heterocycles. The third-order valence-corrected chi connectivity index (χ3v) is 3.11. The van der Waals surface area contributed by atoms with Crippen molar-refractivity contribution in [2.24, 2.45) is 0 Å². The summed E-state index contributed by atoms with van der Waals surface area (Å²) >= 11 is 1.71. The lowest BCUT2D eigenvalue weighted by atomic mass is 10.4. The smallest absolute Gasteiger partial charge is 0.213 e. The van der Waals surface area contributed by atoms with Crippen molar-refractivity contribution in [3.8, 4) is 0 Å². The number of aromatic nitrogens is 3. The van der Waals surface area contributed by atoms with Gasteiger partial charge in [-0.2, -0.15) is 4.98 Å². The quantitative estimate of drug-likeness (QED) is 0.851. The minimum Gasteiger partial charge on any atom is -0.343 e. The molecule has 2 rings (SSSR count). The number of thiazole rings is 1. The van der Waals surface area contributed by atoms with Gasteiger partial charge in [0.2, 0.25) is 6.39 Å². The number of nitrogens with zero attached hydrogens (tertiary/aromatic N) is 3. The molecular formula is C9H12N4OS. The lowest BCUT2D eigenvalue weighted by Gasteiger charge is -1.96. The number of rotatable bonds is 4. The van der Waals surface area contributed by atoms with Crippen molar-refractivity contribution in [3.05, 3.63) is 27.8 Å². The highest BCUT2D eigenvalue weighted by atomic mass is 32.1. The van der Waals surface area contributed by atoms with Crippen LogP contribution in [0.15, 0.2) is 10.9 Å². The Balaban J connectivity index is 1.83. The van der Waals surface area contributed by atoms with E-state index in [-0.39, 0.29) is 0 Å². The average Bonchev–Trinajstić information content (AvgIpc) is 2.79. The zero-order valence-corrected chi connectivity index (χ0v) is 9.47. The summed E-state index contributed by atoms with van der Waals surface area (Å²) in [6.45, 7) is 5.45. The summed E-state index contributed by atoms with van der Waals surface area (Å²) < 4.78 is 4.63. The topological polar surface area (TPSA) is 63.8 Å². The molecule has 0 aliphatic heterocycles. The van der Waals surface area contributed by atoms with Crippen molar-refractivity contribution >= 4 is 11.3 Å². The predicted molar refractivity (Wildman–Crippen MR) is 56.4 cm³/mol. The Morgan fingerprint density at radius 2 is 2.27 bits per heavy atom. The molecule has 80 valence electrons. The fourth-order valence-corrected chi connectivity index (χ4v) is 2.07. The minimum absolute atomic E-state index is 0.605. The number of aryl methyl sites for hydroxylation is 2. The van der Waals surface area contributed by atoms with E-state index in [0.717, 1.165) is 17.2 Å². The SMILES string of the molecule is Cc1nc(CNCc2ncon2)sc1C. The van der Waals surface area contributed by atoms with Crippen LogP contribution in [0.3, 0.4) is 0 Å². The highest BCUT2D eigenvalue weighted by molar-refractivity contribution is 7.11. The van der Waals surface area contributed by atoms with Gasteiger partial charge in [0, 0.05) is 11.4 Å². The molecule has 1 N–H and O–H groups in total. The van der Waals surface area contributed by atoms with Gasteiger partial charge in [-0.1, -0.05) is 5.16 Å². The van der Waals surface area contributed by atoms with Gasteiger partial charge < -0.3 is 9.84 Å². The van der Waals surface area contributed by atoms with E-state index in [9.17, 15) is 0 Å². The predicted octanol–water partition coefficient (Wildman–Crippen LogP) is 1.43. The van der Waals surface area contributed by atoms with Gasteiger partial charge in [0.05, 0.1) is 12.2 Å². The lowest BCUT2D eigenvalue weighted by molar-refractivity contribution is 0.407. The maximum Gasteiger partial charge on any atom is 0.213 e. The van der Waals surface area contributed by atoms with Crippen LogP contribution in [0.5, 0.6) is 0 Å². The maximum absolute atomic E-state index is 4.63. The first-order chi connectivity index (χ1) is 7.25. The molecule has 15 heavy (non-hydrogen) atoms.